The number of nitrogens with zero attached hydrogens (tertiary/aromatic N) is 3. The van der Waals surface area contributed by atoms with Gasteiger partial charge >= 0.3 is 6.01 Å². The molecule has 0 unspecified atom stereocenters. The minimum Gasteiger partial charge on any atom is -0.464 e. The monoisotopic (exact) mass is 259 g/mol. The highest BCUT2D eigenvalue weighted by molar-refractivity contribution is 5.54. The van der Waals surface area contributed by atoms with Gasteiger partial charge in [0.25, 0.3) is 0 Å². The molecule has 1 aromatic heterocycles. The van der Waals surface area contributed by atoms with Crippen LogP contribution in [0.3, 0.4) is 0 Å². The van der Waals surface area contributed by atoms with Gasteiger partial charge in [0.05, 0.1) is 6.61 Å². The molecule has 1 heterocycles. The van der Waals surface area contributed by atoms with Crippen LogP contribution in [0.1, 0.15) is 19.4 Å². The van der Waals surface area contributed by atoms with E-state index in [1.807, 2.05) is 19.1 Å². The second kappa shape index (κ2) is 5.99. The molecule has 3 N–H and O–H groups in total. The smallest absolute Gasteiger partial charge is 0.323 e. The van der Waals surface area contributed by atoms with Gasteiger partial charge < -0.3 is 15.8 Å². The maximum absolute atomic E-state index is 5.61. The fourth-order valence-corrected chi connectivity index (χ4v) is 1.57. The average molecular weight is 259 g/mol. The summed E-state index contributed by atoms with van der Waals surface area (Å²) >= 11 is 0. The molecule has 0 fully saturated rings. The number of hydrogen-bond acceptors (Lipinski definition) is 6. The molecule has 100 valence electrons. The molecule has 0 aliphatic carbocycles. The lowest BCUT2D eigenvalue weighted by Crippen LogP contribution is -2.06. The van der Waals surface area contributed by atoms with Gasteiger partial charge in [-0.1, -0.05) is 19.1 Å². The first-order valence-electron chi connectivity index (χ1n) is 6.21. The Labute approximate surface area is 112 Å². The molecule has 0 bridgehead atoms. The topological polar surface area (TPSA) is 86.0 Å². The Kier molecular flexibility index (Phi) is 4.12. The fourth-order valence-electron chi connectivity index (χ4n) is 1.57. The predicted molar refractivity (Wildman–Crippen MR) is 74.5 cm³/mol. The van der Waals surface area contributed by atoms with Gasteiger partial charge in [0.2, 0.25) is 11.9 Å². The molecule has 0 spiro atoms. The van der Waals surface area contributed by atoms with Crippen molar-refractivity contribution < 1.29 is 4.74 Å². The van der Waals surface area contributed by atoms with Crippen LogP contribution in [0.5, 0.6) is 6.01 Å². The van der Waals surface area contributed by atoms with E-state index in [0.29, 0.717) is 12.6 Å². The van der Waals surface area contributed by atoms with E-state index in [2.05, 4.69) is 39.3 Å². The van der Waals surface area contributed by atoms with E-state index in [1.165, 1.54) is 5.56 Å². The zero-order chi connectivity index (χ0) is 13.7. The Morgan fingerprint density at radius 2 is 1.84 bits per heavy atom. The third-order valence-electron chi connectivity index (χ3n) is 2.52. The summed E-state index contributed by atoms with van der Waals surface area (Å²) in [7, 11) is 0. The van der Waals surface area contributed by atoms with Crippen molar-refractivity contribution in [1.82, 2.24) is 15.0 Å². The summed E-state index contributed by atoms with van der Waals surface area (Å²) in [6, 6.07) is 8.27. The third kappa shape index (κ3) is 3.54. The SMILES string of the molecule is CCOc1nc(N)nc(Nc2ccc(CC)cc2)n1. The highest BCUT2D eigenvalue weighted by Gasteiger charge is 2.05. The zero-order valence-electron chi connectivity index (χ0n) is 11.1. The molecule has 2 rings (SSSR count). The lowest BCUT2D eigenvalue weighted by Gasteiger charge is -2.07. The molecule has 6 nitrogen and oxygen atoms in total. The Hall–Kier alpha value is -2.37. The number of ether oxygens (including phenoxy) is 1. The normalized spacial score (nSPS) is 10.2. The van der Waals surface area contributed by atoms with Crippen LogP contribution in [0.4, 0.5) is 17.6 Å². The van der Waals surface area contributed by atoms with Crippen LogP contribution in [-0.2, 0) is 6.42 Å². The van der Waals surface area contributed by atoms with Crippen LogP contribution in [0.25, 0.3) is 0 Å². The number of rotatable bonds is 5. The van der Waals surface area contributed by atoms with Crippen LogP contribution >= 0.6 is 0 Å². The quantitative estimate of drug-likeness (QED) is 0.855. The lowest BCUT2D eigenvalue weighted by atomic mass is 10.1. The zero-order valence-corrected chi connectivity index (χ0v) is 11.1. The van der Waals surface area contributed by atoms with Gasteiger partial charge in [0.1, 0.15) is 0 Å². The van der Waals surface area contributed by atoms with E-state index < -0.39 is 0 Å². The molecule has 0 saturated carbocycles. The Balaban J connectivity index is 2.17. The summed E-state index contributed by atoms with van der Waals surface area (Å²) in [4.78, 5) is 12.0. The molecule has 19 heavy (non-hydrogen) atoms. The molecule has 0 amide bonds. The van der Waals surface area contributed by atoms with Gasteiger partial charge in [-0.25, -0.2) is 0 Å². The van der Waals surface area contributed by atoms with Crippen molar-refractivity contribution >= 4 is 17.6 Å². The van der Waals surface area contributed by atoms with Crippen molar-refractivity contribution in [2.45, 2.75) is 20.3 Å². The second-order valence-corrected chi connectivity index (χ2v) is 3.91. The summed E-state index contributed by atoms with van der Waals surface area (Å²) in [6.07, 6.45) is 1.01. The van der Waals surface area contributed by atoms with Gasteiger partial charge in [-0.05, 0) is 31.0 Å². The maximum Gasteiger partial charge on any atom is 0.323 e. The molecule has 6 heteroatoms. The van der Waals surface area contributed by atoms with E-state index in [0.717, 1.165) is 12.1 Å². The number of nitrogens with two attached hydrogens (primary N) is 1. The average Bonchev–Trinajstić information content (AvgIpc) is 2.39. The van der Waals surface area contributed by atoms with Crippen molar-refractivity contribution in [3.8, 4) is 6.01 Å². The first-order valence-corrected chi connectivity index (χ1v) is 6.21. The highest BCUT2D eigenvalue weighted by Crippen LogP contribution is 2.16. The molecular formula is C13H17N5O. The van der Waals surface area contributed by atoms with E-state index in [1.54, 1.807) is 0 Å². The molecule has 0 radical (unpaired) electrons. The third-order valence-corrected chi connectivity index (χ3v) is 2.52. The number of anilines is 3. The van der Waals surface area contributed by atoms with Crippen LogP contribution in [0, 0.1) is 0 Å². The molecule has 1 aromatic carbocycles. The standard InChI is InChI=1S/C13H17N5O/c1-3-9-5-7-10(8-6-9)15-12-16-11(14)17-13(18-12)19-4-2/h5-8H,3-4H2,1-2H3,(H3,14,15,16,17,18). The van der Waals surface area contributed by atoms with Crippen molar-refractivity contribution in [3.63, 3.8) is 0 Å². The fraction of sp³-hybridized carbons (Fsp3) is 0.308. The van der Waals surface area contributed by atoms with Crippen LogP contribution < -0.4 is 15.8 Å². The van der Waals surface area contributed by atoms with Crippen molar-refractivity contribution in [3.05, 3.63) is 29.8 Å². The molecule has 0 atom stereocenters. The maximum atomic E-state index is 5.61. The number of aryl methyl sites for hydroxylation is 1. The van der Waals surface area contributed by atoms with Gasteiger partial charge in [0.15, 0.2) is 0 Å². The number of aromatic nitrogens is 3. The second-order valence-electron chi connectivity index (χ2n) is 3.91. The Bertz CT molecular complexity index is 541. The highest BCUT2D eigenvalue weighted by atomic mass is 16.5. The lowest BCUT2D eigenvalue weighted by molar-refractivity contribution is 0.312. The van der Waals surface area contributed by atoms with Crippen LogP contribution in [0.2, 0.25) is 0 Å². The predicted octanol–water partition coefficient (Wildman–Crippen LogP) is 2.16. The minimum atomic E-state index is 0.131. The van der Waals surface area contributed by atoms with Gasteiger partial charge in [-0.3, -0.25) is 0 Å². The number of nitrogens with one attached hydrogen (secondary N) is 1. The van der Waals surface area contributed by atoms with Gasteiger partial charge in [0, 0.05) is 5.69 Å². The summed E-state index contributed by atoms with van der Waals surface area (Å²) in [5.41, 5.74) is 7.77. The van der Waals surface area contributed by atoms with E-state index in [-0.39, 0.29) is 12.0 Å². The Morgan fingerprint density at radius 3 is 2.47 bits per heavy atom. The molecular weight excluding hydrogens is 242 g/mol. The molecule has 2 aromatic rings. The van der Waals surface area contributed by atoms with E-state index in [9.17, 15) is 0 Å². The first kappa shape index (κ1) is 13.1. The van der Waals surface area contributed by atoms with Gasteiger partial charge in [-0.15, -0.1) is 0 Å². The number of hydrogen-bond donors (Lipinski definition) is 2. The van der Waals surface area contributed by atoms with E-state index >= 15 is 0 Å². The van der Waals surface area contributed by atoms with Crippen molar-refractivity contribution in [2.75, 3.05) is 17.7 Å². The summed E-state index contributed by atoms with van der Waals surface area (Å²) in [6.45, 7) is 4.45. The van der Waals surface area contributed by atoms with Crippen molar-refractivity contribution in [1.29, 1.82) is 0 Å². The summed E-state index contributed by atoms with van der Waals surface area (Å²) in [5, 5.41) is 3.07. The van der Waals surface area contributed by atoms with Crippen LogP contribution in [0.15, 0.2) is 24.3 Å². The van der Waals surface area contributed by atoms with Crippen molar-refractivity contribution in [2.24, 2.45) is 0 Å². The summed E-state index contributed by atoms with van der Waals surface area (Å²) in [5.74, 6) is 0.506. The Morgan fingerprint density at radius 1 is 1.11 bits per heavy atom. The molecule has 0 saturated heterocycles. The largest absolute Gasteiger partial charge is 0.464 e. The first-order chi connectivity index (χ1) is 9.21. The number of benzene rings is 1. The molecule has 0 aliphatic heterocycles. The van der Waals surface area contributed by atoms with Crippen LogP contribution in [-0.4, -0.2) is 21.6 Å². The van der Waals surface area contributed by atoms with E-state index in [4.69, 9.17) is 10.5 Å². The summed E-state index contributed by atoms with van der Waals surface area (Å²) < 4.78 is 5.22. The number of nitrogen functional groups attached to an aromatic ring is 1. The molecule has 0 aliphatic rings. The minimum absolute atomic E-state index is 0.131. The van der Waals surface area contributed by atoms with Gasteiger partial charge in [-0.2, -0.15) is 15.0 Å².